The zero-order valence-corrected chi connectivity index (χ0v) is 85.8. The molecule has 6 unspecified atom stereocenters. The lowest BCUT2D eigenvalue weighted by Crippen LogP contribution is -2.42. The fraction of sp³-hybridized carbons (Fsp3) is 0.757. The van der Waals surface area contributed by atoms with Gasteiger partial charge in [-0.05, 0) is 152 Å². The van der Waals surface area contributed by atoms with Gasteiger partial charge in [-0.1, -0.05) is 398 Å². The first kappa shape index (κ1) is 115. The topological polar surface area (TPSA) is 119 Å². The van der Waals surface area contributed by atoms with Crippen molar-refractivity contribution in [1.29, 1.82) is 0 Å². The van der Waals surface area contributed by atoms with Gasteiger partial charge < -0.3 is 38.4 Å². The fourth-order valence-corrected chi connectivity index (χ4v) is 19.5. The molecule has 0 N–H and O–H groups in total. The van der Waals surface area contributed by atoms with Crippen LogP contribution in [0.3, 0.4) is 0 Å². The summed E-state index contributed by atoms with van der Waals surface area (Å²) in [6.45, 7) is 50.5. The Morgan fingerprint density at radius 3 is 0.808 bits per heavy atom. The summed E-state index contributed by atoms with van der Waals surface area (Å²) in [5, 5.41) is 33.2. The van der Waals surface area contributed by atoms with Gasteiger partial charge in [-0.2, -0.15) is 0 Å². The number of nitrogens with zero attached hydrogens (tertiary/aromatic N) is 4. The molecule has 0 fully saturated rings. The first-order valence-corrected chi connectivity index (χ1v) is 54.1. The molecule has 6 atom stereocenters. The lowest BCUT2D eigenvalue weighted by Gasteiger charge is -2.42. The first-order valence-electron chi connectivity index (χ1n) is 54.1. The van der Waals surface area contributed by atoms with Crippen molar-refractivity contribution >= 4 is 45.3 Å². The number of fused-ring (bicyclic) bond motifs is 4. The number of carbonyl (C=O) groups is 2. The van der Waals surface area contributed by atoms with Crippen LogP contribution in [0.5, 0.6) is 0 Å². The van der Waals surface area contributed by atoms with Gasteiger partial charge in [0.1, 0.15) is 48.9 Å². The largest absolute Gasteiger partial charge is 0.550 e. The van der Waals surface area contributed by atoms with Crippen LogP contribution in [0.15, 0.2) is 81.6 Å². The van der Waals surface area contributed by atoms with Gasteiger partial charge in [0.05, 0.1) is 12.1 Å². The van der Waals surface area contributed by atoms with Gasteiger partial charge in [0.15, 0.2) is 0 Å². The van der Waals surface area contributed by atoms with Gasteiger partial charge in [-0.15, -0.1) is 0 Å². The summed E-state index contributed by atoms with van der Waals surface area (Å²) < 4.78 is 18.8. The third kappa shape index (κ3) is 44.2. The van der Waals surface area contributed by atoms with Crippen LogP contribution in [0.2, 0.25) is 0 Å². The number of unbranched alkanes of at least 4 members (excludes halogenated alkanes) is 42. The lowest BCUT2D eigenvalue weighted by atomic mass is 9.64. The molecular formula is C115H200N4O6. The normalized spacial score (nSPS) is 12.8. The van der Waals surface area contributed by atoms with E-state index in [1.54, 1.807) is 0 Å². The van der Waals surface area contributed by atoms with Crippen molar-refractivity contribution in [2.75, 3.05) is 62.2 Å². The summed E-state index contributed by atoms with van der Waals surface area (Å²) in [4.78, 5) is 34.0. The zero-order valence-electron chi connectivity index (χ0n) is 85.8. The first-order chi connectivity index (χ1) is 61.0. The molecule has 0 aromatic heterocycles. The van der Waals surface area contributed by atoms with Crippen molar-refractivity contribution in [3.63, 3.8) is 0 Å². The van der Waals surface area contributed by atoms with Gasteiger partial charge in [0.2, 0.25) is 10.7 Å². The lowest BCUT2D eigenvalue weighted by molar-refractivity contribution is -0.313. The maximum absolute atomic E-state index is 15.1. The van der Waals surface area contributed by atoms with Gasteiger partial charge in [-0.25, -0.2) is 9.15 Å². The van der Waals surface area contributed by atoms with E-state index < -0.39 is 35.6 Å². The van der Waals surface area contributed by atoms with Crippen molar-refractivity contribution in [3.05, 3.63) is 94.6 Å². The van der Waals surface area contributed by atoms with E-state index in [-0.39, 0.29) is 18.3 Å². The van der Waals surface area contributed by atoms with Crippen molar-refractivity contribution < 1.29 is 28.6 Å². The monoisotopic (exact) mass is 1730 g/mol. The quantitative estimate of drug-likeness (QED) is 0.0210. The van der Waals surface area contributed by atoms with E-state index in [0.29, 0.717) is 24.2 Å². The SMILES string of the molecule is CCC.CCCCC.CCCCCCCCCCC(CC(C(=O)[O-])C(c1c2ccc(=[N+](CC)CC)cc-2oc2cc(N(CC)CC)ccc12)C(CC)CCCCCCCC)C(c1c2ccc(=[N+](CC)CC)cc-2oc2cc(N(CC)CC)ccc12)C(CC)C(=O)[O-].CCCCCCCCCCCCCCCCC.CCCCCCCCCCCCCCCCC. The molecular weight excluding hydrogens is 1530 g/mol. The molecule has 0 radical (unpaired) electrons. The van der Waals surface area contributed by atoms with Crippen molar-refractivity contribution in [2.45, 2.75) is 491 Å². The highest BCUT2D eigenvalue weighted by Gasteiger charge is 2.42. The Hall–Kier alpha value is -5.64. The standard InChI is InChI=1S/C73H108N4O6.2C17H36.C5H12.C3H8/c1-13-25-27-29-31-32-34-36-38-53(69(58(16-4)72(78)79)71-61-45-41-56(76(21-9)22-10)50-66(61)83-67-51-57(42-46-62(67)71)77(23-11)24-12)47-63(73(80)81)68(52(15-3)37-35-33-30-28-26-14-2)70-59-43-39-54(74(17-5)18-6)48-64(59)82-65-49-55(40-44-60(65)70)75(19-7)20-8;2*1-3-5-7-9-11-13-15-17-16-14-12-10-8-6-4-2;1-3-5-4-2;1-3-2/h39-46,48-53,58,63,68-69H,13-38,47H2,1-12H3;2*3-17H2,1-2H3;3-5H2,1-2H3;3H2,1-2H3. The molecule has 6 rings (SSSR count). The molecule has 0 amide bonds. The minimum Gasteiger partial charge on any atom is -0.550 e. The molecule has 4 aliphatic rings. The molecule has 10 nitrogen and oxygen atoms in total. The van der Waals surface area contributed by atoms with Crippen molar-refractivity contribution in [3.8, 4) is 22.6 Å². The van der Waals surface area contributed by atoms with Crippen LogP contribution >= 0.6 is 0 Å². The number of hydrogen-bond acceptors (Lipinski definition) is 8. The summed E-state index contributed by atoms with van der Waals surface area (Å²) in [5.74, 6) is -4.18. The van der Waals surface area contributed by atoms with E-state index in [1.165, 1.54) is 263 Å². The molecule has 716 valence electrons. The number of anilines is 2. The van der Waals surface area contributed by atoms with E-state index in [9.17, 15) is 9.90 Å². The molecule has 0 saturated heterocycles. The second-order valence-electron chi connectivity index (χ2n) is 37.0. The number of benzene rings is 4. The number of aliphatic carboxylic acids is 2. The van der Waals surface area contributed by atoms with Gasteiger partial charge >= 0.3 is 0 Å². The maximum atomic E-state index is 15.1. The van der Waals surface area contributed by atoms with E-state index in [2.05, 4.69) is 223 Å². The van der Waals surface area contributed by atoms with Crippen molar-refractivity contribution in [2.24, 2.45) is 23.7 Å². The summed E-state index contributed by atoms with van der Waals surface area (Å²) in [5.41, 5.74) is 7.22. The number of hydrogen-bond donors (Lipinski definition) is 0. The number of carbonyl (C=O) groups excluding carboxylic acids is 2. The second-order valence-corrected chi connectivity index (χ2v) is 37.0. The van der Waals surface area contributed by atoms with E-state index in [1.807, 2.05) is 6.92 Å². The molecule has 2 aliphatic carbocycles. The third-order valence-corrected chi connectivity index (χ3v) is 27.1. The average molecular weight is 1730 g/mol. The van der Waals surface area contributed by atoms with E-state index in [0.717, 1.165) is 177 Å². The molecule has 2 heterocycles. The highest BCUT2D eigenvalue weighted by molar-refractivity contribution is 5.93. The average Bonchev–Trinajstić information content (AvgIpc) is 0.742. The highest BCUT2D eigenvalue weighted by atomic mass is 16.4. The van der Waals surface area contributed by atoms with E-state index in [4.69, 9.17) is 8.83 Å². The van der Waals surface area contributed by atoms with Crippen LogP contribution in [-0.4, -0.2) is 64.3 Å². The Morgan fingerprint density at radius 1 is 0.304 bits per heavy atom. The Bertz CT molecular complexity index is 3600. The number of rotatable bonds is 68. The predicted octanol–water partition coefficient (Wildman–Crippen LogP) is 32.4. The Labute approximate surface area is 772 Å². The highest BCUT2D eigenvalue weighted by Crippen LogP contribution is 2.53. The van der Waals surface area contributed by atoms with Crippen LogP contribution in [0, 0.1) is 23.7 Å². The van der Waals surface area contributed by atoms with Crippen LogP contribution in [0.25, 0.3) is 44.6 Å². The molecule has 0 saturated carbocycles. The zero-order chi connectivity index (χ0) is 92.0. The summed E-state index contributed by atoms with van der Waals surface area (Å²) >= 11 is 0. The van der Waals surface area contributed by atoms with Gasteiger partial charge in [0.25, 0.3) is 0 Å². The molecule has 0 bridgehead atoms. The molecule has 2 aliphatic heterocycles. The van der Waals surface area contributed by atoms with Crippen LogP contribution in [-0.2, 0) is 9.59 Å². The molecule has 2 aromatic carbocycles. The Morgan fingerprint density at radius 2 is 0.568 bits per heavy atom. The van der Waals surface area contributed by atoms with E-state index >= 15 is 9.90 Å². The molecule has 125 heavy (non-hydrogen) atoms. The molecule has 2 aromatic rings. The van der Waals surface area contributed by atoms with Crippen LogP contribution in [0.1, 0.15) is 502 Å². The predicted molar refractivity (Wildman–Crippen MR) is 548 cm³/mol. The van der Waals surface area contributed by atoms with Crippen LogP contribution < -0.4 is 39.9 Å². The smallest absolute Gasteiger partial charge is 0.203 e. The summed E-state index contributed by atoms with van der Waals surface area (Å²) in [6, 6.07) is 25.9. The maximum Gasteiger partial charge on any atom is 0.203 e. The minimum atomic E-state index is -1.11. The number of carboxylic acids is 2. The van der Waals surface area contributed by atoms with Gasteiger partial charge in [0, 0.05) is 107 Å². The molecule has 10 heteroatoms. The second kappa shape index (κ2) is 75.1. The Balaban J connectivity index is 0.00000103. The minimum absolute atomic E-state index is 0.0256. The van der Waals surface area contributed by atoms with Crippen molar-refractivity contribution in [1.82, 2.24) is 9.15 Å². The summed E-state index contributed by atoms with van der Waals surface area (Å²) in [7, 11) is 0. The third-order valence-electron chi connectivity index (χ3n) is 27.1. The fourth-order valence-electron chi connectivity index (χ4n) is 19.5. The van der Waals surface area contributed by atoms with Gasteiger partial charge in [-0.3, -0.25) is 0 Å². The number of carboxylic acid groups (broad SMARTS) is 2. The molecule has 0 spiro atoms. The van der Waals surface area contributed by atoms with Crippen LogP contribution in [0.4, 0.5) is 11.4 Å². The Kier molecular flexibility index (Phi) is 69.3. The summed E-state index contributed by atoms with van der Waals surface area (Å²) in [6.07, 6.45) is 67.7.